The second kappa shape index (κ2) is 6.63. The topological polar surface area (TPSA) is 44.8 Å². The molecule has 5 heteroatoms. The maximum atomic E-state index is 12.2. The van der Waals surface area contributed by atoms with Crippen LogP contribution in [0.3, 0.4) is 0 Å². The first kappa shape index (κ1) is 15.3. The molecule has 3 rings (SSSR count). The summed E-state index contributed by atoms with van der Waals surface area (Å²) in [6, 6.07) is 1.24. The van der Waals surface area contributed by atoms with Crippen LogP contribution in [0.4, 0.5) is 0 Å². The number of morpholine rings is 1. The summed E-state index contributed by atoms with van der Waals surface area (Å²) in [4.78, 5) is 17.0. The van der Waals surface area contributed by atoms with Crippen LogP contribution in [0.5, 0.6) is 0 Å². The van der Waals surface area contributed by atoms with Crippen LogP contribution in [0.2, 0.25) is 0 Å². The zero-order valence-electron chi connectivity index (χ0n) is 13.4. The smallest absolute Gasteiger partial charge is 0.234 e. The lowest BCUT2D eigenvalue weighted by atomic mass is 10.0. The van der Waals surface area contributed by atoms with Crippen LogP contribution in [0.15, 0.2) is 0 Å². The molecule has 5 nitrogen and oxygen atoms in total. The van der Waals surface area contributed by atoms with Crippen LogP contribution in [-0.4, -0.2) is 72.7 Å². The first-order chi connectivity index (χ1) is 10.1. The van der Waals surface area contributed by atoms with Gasteiger partial charge in [-0.05, 0) is 39.5 Å². The van der Waals surface area contributed by atoms with Gasteiger partial charge < -0.3 is 15.0 Å². The normalized spacial score (nSPS) is 33.0. The average molecular weight is 295 g/mol. The van der Waals surface area contributed by atoms with E-state index in [-0.39, 0.29) is 18.1 Å². The quantitative estimate of drug-likeness (QED) is 0.835. The average Bonchev–Trinajstić information content (AvgIpc) is 3.22. The molecule has 1 amide bonds. The number of amides is 1. The molecule has 1 aliphatic carbocycles. The van der Waals surface area contributed by atoms with Gasteiger partial charge in [-0.15, -0.1) is 0 Å². The van der Waals surface area contributed by atoms with Crippen molar-refractivity contribution in [3.05, 3.63) is 0 Å². The highest BCUT2D eigenvalue weighted by Gasteiger charge is 2.32. The molecule has 0 spiro atoms. The van der Waals surface area contributed by atoms with Crippen molar-refractivity contribution >= 4 is 5.91 Å². The van der Waals surface area contributed by atoms with E-state index in [2.05, 4.69) is 29.0 Å². The third-order valence-corrected chi connectivity index (χ3v) is 4.82. The number of nitrogens with zero attached hydrogens (tertiary/aromatic N) is 2. The van der Waals surface area contributed by atoms with Crippen LogP contribution in [0.25, 0.3) is 0 Å². The molecule has 0 aromatic heterocycles. The molecule has 0 aromatic carbocycles. The van der Waals surface area contributed by atoms with Crippen molar-refractivity contribution in [2.75, 3.05) is 32.7 Å². The lowest BCUT2D eigenvalue weighted by molar-refractivity contribution is -0.126. The number of ether oxygens (including phenoxy) is 1. The van der Waals surface area contributed by atoms with E-state index in [9.17, 15) is 4.79 Å². The van der Waals surface area contributed by atoms with Gasteiger partial charge in [-0.1, -0.05) is 0 Å². The summed E-state index contributed by atoms with van der Waals surface area (Å²) in [5, 5.41) is 3.23. The summed E-state index contributed by atoms with van der Waals surface area (Å²) in [5.41, 5.74) is 0. The minimum absolute atomic E-state index is 0.182. The van der Waals surface area contributed by atoms with Gasteiger partial charge in [0.25, 0.3) is 0 Å². The minimum atomic E-state index is 0.182. The largest absolute Gasteiger partial charge is 0.373 e. The van der Waals surface area contributed by atoms with E-state index in [0.717, 1.165) is 45.1 Å². The molecule has 21 heavy (non-hydrogen) atoms. The zero-order valence-corrected chi connectivity index (χ0v) is 13.4. The molecule has 3 aliphatic rings. The summed E-state index contributed by atoms with van der Waals surface area (Å²) in [6.07, 6.45) is 5.43. The van der Waals surface area contributed by atoms with Gasteiger partial charge in [0.05, 0.1) is 18.8 Å². The zero-order chi connectivity index (χ0) is 14.8. The van der Waals surface area contributed by atoms with Crippen LogP contribution in [0, 0.1) is 0 Å². The van der Waals surface area contributed by atoms with Crippen molar-refractivity contribution in [3.63, 3.8) is 0 Å². The van der Waals surface area contributed by atoms with Gasteiger partial charge in [0.15, 0.2) is 0 Å². The molecule has 2 atom stereocenters. The molecule has 0 aromatic rings. The Morgan fingerprint density at radius 1 is 1.10 bits per heavy atom. The van der Waals surface area contributed by atoms with Crippen molar-refractivity contribution in [1.29, 1.82) is 0 Å². The number of piperidine rings is 1. The molecular formula is C16H29N3O2. The summed E-state index contributed by atoms with van der Waals surface area (Å²) in [6.45, 7) is 8.70. The fourth-order valence-corrected chi connectivity index (χ4v) is 3.74. The number of hydrogen-bond donors (Lipinski definition) is 1. The van der Waals surface area contributed by atoms with E-state index in [1.807, 2.05) is 0 Å². The Bertz CT molecular complexity index is 355. The summed E-state index contributed by atoms with van der Waals surface area (Å²) >= 11 is 0. The highest BCUT2D eigenvalue weighted by Crippen LogP contribution is 2.29. The lowest BCUT2D eigenvalue weighted by Crippen LogP contribution is -2.51. The standard InChI is InChI=1S/C16H29N3O2/c1-12-9-18(10-13(2)21-12)11-16(20)17-14-5-7-19(8-6-14)15-3-4-15/h12-15H,3-11H2,1-2H3,(H,17,20). The van der Waals surface area contributed by atoms with E-state index in [1.165, 1.54) is 12.8 Å². The predicted molar refractivity (Wildman–Crippen MR) is 82.2 cm³/mol. The number of likely N-dealkylation sites (tertiary alicyclic amines) is 1. The van der Waals surface area contributed by atoms with Gasteiger partial charge in [0.2, 0.25) is 5.91 Å². The molecule has 2 unspecified atom stereocenters. The predicted octanol–water partition coefficient (Wildman–Crippen LogP) is 0.839. The van der Waals surface area contributed by atoms with Crippen molar-refractivity contribution < 1.29 is 9.53 Å². The van der Waals surface area contributed by atoms with E-state index >= 15 is 0 Å². The molecule has 0 radical (unpaired) electrons. The second-order valence-electron chi connectivity index (χ2n) is 7.06. The van der Waals surface area contributed by atoms with Gasteiger partial charge in [0.1, 0.15) is 0 Å². The Morgan fingerprint density at radius 2 is 1.71 bits per heavy atom. The first-order valence-electron chi connectivity index (χ1n) is 8.51. The van der Waals surface area contributed by atoms with Gasteiger partial charge >= 0.3 is 0 Å². The Kier molecular flexibility index (Phi) is 4.82. The molecule has 2 aliphatic heterocycles. The fourth-order valence-electron chi connectivity index (χ4n) is 3.74. The van der Waals surface area contributed by atoms with Crippen molar-refractivity contribution in [1.82, 2.24) is 15.1 Å². The number of nitrogens with one attached hydrogen (secondary N) is 1. The number of carbonyl (C=O) groups excluding carboxylic acids is 1. The van der Waals surface area contributed by atoms with E-state index < -0.39 is 0 Å². The van der Waals surface area contributed by atoms with E-state index in [1.54, 1.807) is 0 Å². The Balaban J connectivity index is 1.38. The summed E-state index contributed by atoms with van der Waals surface area (Å²) < 4.78 is 5.71. The van der Waals surface area contributed by atoms with Crippen LogP contribution in [-0.2, 0) is 9.53 Å². The molecule has 0 bridgehead atoms. The SMILES string of the molecule is CC1CN(CC(=O)NC2CCN(C3CC3)CC2)CC(C)O1. The lowest BCUT2D eigenvalue weighted by Gasteiger charge is -2.36. The summed E-state index contributed by atoms with van der Waals surface area (Å²) in [5.74, 6) is 0.182. The van der Waals surface area contributed by atoms with Gasteiger partial charge in [0, 0.05) is 38.3 Å². The Labute approximate surface area is 128 Å². The molecule has 2 heterocycles. The highest BCUT2D eigenvalue weighted by atomic mass is 16.5. The Morgan fingerprint density at radius 3 is 2.29 bits per heavy atom. The molecule has 3 fully saturated rings. The van der Waals surface area contributed by atoms with Gasteiger partial charge in [-0.2, -0.15) is 0 Å². The van der Waals surface area contributed by atoms with Crippen LogP contribution >= 0.6 is 0 Å². The molecule has 1 saturated carbocycles. The van der Waals surface area contributed by atoms with Gasteiger partial charge in [-0.25, -0.2) is 0 Å². The molecule has 2 saturated heterocycles. The number of rotatable bonds is 4. The molecule has 120 valence electrons. The Hall–Kier alpha value is -0.650. The fraction of sp³-hybridized carbons (Fsp3) is 0.938. The number of hydrogen-bond acceptors (Lipinski definition) is 4. The maximum Gasteiger partial charge on any atom is 0.234 e. The van der Waals surface area contributed by atoms with Crippen LogP contribution in [0.1, 0.15) is 39.5 Å². The van der Waals surface area contributed by atoms with Crippen molar-refractivity contribution in [2.24, 2.45) is 0 Å². The van der Waals surface area contributed by atoms with E-state index in [4.69, 9.17) is 4.74 Å². The van der Waals surface area contributed by atoms with Crippen molar-refractivity contribution in [3.8, 4) is 0 Å². The van der Waals surface area contributed by atoms with E-state index in [0.29, 0.717) is 12.6 Å². The summed E-state index contributed by atoms with van der Waals surface area (Å²) in [7, 11) is 0. The second-order valence-corrected chi connectivity index (χ2v) is 7.06. The van der Waals surface area contributed by atoms with Crippen LogP contribution < -0.4 is 5.32 Å². The molecular weight excluding hydrogens is 266 g/mol. The number of carbonyl (C=O) groups is 1. The third kappa shape index (κ3) is 4.41. The highest BCUT2D eigenvalue weighted by molar-refractivity contribution is 5.78. The minimum Gasteiger partial charge on any atom is -0.373 e. The van der Waals surface area contributed by atoms with Gasteiger partial charge in [-0.3, -0.25) is 9.69 Å². The first-order valence-corrected chi connectivity index (χ1v) is 8.51. The maximum absolute atomic E-state index is 12.2. The monoisotopic (exact) mass is 295 g/mol. The third-order valence-electron chi connectivity index (χ3n) is 4.82. The van der Waals surface area contributed by atoms with Crippen molar-refractivity contribution in [2.45, 2.75) is 63.8 Å². The molecule has 1 N–H and O–H groups in total.